The molecule has 1 saturated carbocycles. The number of nitrogens with zero attached hydrogens (tertiary/aromatic N) is 2. The molecule has 1 fully saturated rings. The minimum absolute atomic E-state index is 0.476. The summed E-state index contributed by atoms with van der Waals surface area (Å²) < 4.78 is 0. The molecule has 3 rings (SSSR count). The van der Waals surface area contributed by atoms with Crippen LogP contribution in [-0.4, -0.2) is 22.6 Å². The second kappa shape index (κ2) is 6.60. The number of anilines is 2. The topological polar surface area (TPSA) is 49.8 Å². The third-order valence-corrected chi connectivity index (χ3v) is 5.14. The molecular weight excluding hydrogens is 280 g/mol. The maximum absolute atomic E-state index is 4.70. The highest BCUT2D eigenvalue weighted by Gasteiger charge is 2.22. The van der Waals surface area contributed by atoms with Crippen molar-refractivity contribution >= 4 is 33.3 Å². The van der Waals surface area contributed by atoms with E-state index in [1.807, 2.05) is 0 Å². The van der Waals surface area contributed by atoms with Crippen LogP contribution in [0.1, 0.15) is 46.0 Å². The minimum Gasteiger partial charge on any atom is -0.367 e. The van der Waals surface area contributed by atoms with E-state index in [1.165, 1.54) is 25.7 Å². The number of hydrogen-bond donors (Lipinski definition) is 2. The first-order valence-electron chi connectivity index (χ1n) is 8.03. The van der Waals surface area contributed by atoms with Gasteiger partial charge in [-0.15, -0.1) is 11.3 Å². The lowest BCUT2D eigenvalue weighted by Crippen LogP contribution is -2.24. The van der Waals surface area contributed by atoms with Gasteiger partial charge in [0.1, 0.15) is 10.6 Å². The first-order valence-corrected chi connectivity index (χ1v) is 8.91. The first-order chi connectivity index (χ1) is 10.3. The van der Waals surface area contributed by atoms with E-state index in [0.717, 1.165) is 40.9 Å². The maximum atomic E-state index is 4.70. The number of thiophene rings is 1. The van der Waals surface area contributed by atoms with Crippen LogP contribution in [0.4, 0.5) is 11.8 Å². The molecular formula is C16H24N4S. The van der Waals surface area contributed by atoms with Crippen molar-refractivity contribution in [1.82, 2.24) is 9.97 Å². The van der Waals surface area contributed by atoms with Crippen molar-refractivity contribution in [2.24, 2.45) is 5.92 Å². The molecule has 0 amide bonds. The molecule has 1 aliphatic carbocycles. The molecule has 2 aromatic rings. The van der Waals surface area contributed by atoms with Gasteiger partial charge >= 0.3 is 0 Å². The van der Waals surface area contributed by atoms with Crippen molar-refractivity contribution in [2.75, 3.05) is 17.2 Å². The zero-order valence-corrected chi connectivity index (χ0v) is 13.7. The molecule has 0 aromatic carbocycles. The third kappa shape index (κ3) is 3.28. The monoisotopic (exact) mass is 304 g/mol. The summed E-state index contributed by atoms with van der Waals surface area (Å²) in [6.07, 6.45) is 6.50. The predicted octanol–water partition coefficient (Wildman–Crippen LogP) is 4.50. The Kier molecular flexibility index (Phi) is 4.58. The standard InChI is InChI=1S/C16H24N4S/c1-3-9-17-16-19-14(13-8-10-21-15(13)20-16)18-11(2)12-6-4-5-7-12/h8,10-12H,3-7,9H2,1-2H3,(H2,17,18,19,20). The van der Waals surface area contributed by atoms with Gasteiger partial charge in [0.25, 0.3) is 0 Å². The number of nitrogens with one attached hydrogen (secondary N) is 2. The SMILES string of the molecule is CCCNc1nc(NC(C)C2CCCC2)c2ccsc2n1. The Bertz CT molecular complexity index is 589. The van der Waals surface area contributed by atoms with Crippen molar-refractivity contribution in [2.45, 2.75) is 52.0 Å². The van der Waals surface area contributed by atoms with Gasteiger partial charge in [0.2, 0.25) is 5.95 Å². The Morgan fingerprint density at radius 1 is 1.33 bits per heavy atom. The van der Waals surface area contributed by atoms with Crippen molar-refractivity contribution in [3.8, 4) is 0 Å². The Balaban J connectivity index is 1.83. The molecule has 2 N–H and O–H groups in total. The van der Waals surface area contributed by atoms with E-state index in [9.17, 15) is 0 Å². The van der Waals surface area contributed by atoms with Crippen LogP contribution in [0, 0.1) is 5.92 Å². The van der Waals surface area contributed by atoms with Crippen molar-refractivity contribution < 1.29 is 0 Å². The van der Waals surface area contributed by atoms with Gasteiger partial charge < -0.3 is 10.6 Å². The summed E-state index contributed by atoms with van der Waals surface area (Å²) in [5.74, 6) is 2.51. The number of aromatic nitrogens is 2. The van der Waals surface area contributed by atoms with Crippen LogP contribution in [-0.2, 0) is 0 Å². The van der Waals surface area contributed by atoms with E-state index in [4.69, 9.17) is 4.98 Å². The largest absolute Gasteiger partial charge is 0.367 e. The van der Waals surface area contributed by atoms with Crippen LogP contribution in [0.2, 0.25) is 0 Å². The second-order valence-corrected chi connectivity index (χ2v) is 6.83. The van der Waals surface area contributed by atoms with Crippen LogP contribution in [0.5, 0.6) is 0 Å². The normalized spacial score (nSPS) is 17.2. The van der Waals surface area contributed by atoms with Crippen LogP contribution in [0.3, 0.4) is 0 Å². The number of fused-ring (bicyclic) bond motifs is 1. The average molecular weight is 304 g/mol. The first kappa shape index (κ1) is 14.6. The van der Waals surface area contributed by atoms with Gasteiger partial charge in [-0.25, -0.2) is 4.98 Å². The van der Waals surface area contributed by atoms with Crippen LogP contribution in [0.15, 0.2) is 11.4 Å². The van der Waals surface area contributed by atoms with E-state index >= 15 is 0 Å². The summed E-state index contributed by atoms with van der Waals surface area (Å²) in [5, 5.41) is 10.2. The molecule has 0 radical (unpaired) electrons. The molecule has 1 unspecified atom stereocenters. The predicted molar refractivity (Wildman–Crippen MR) is 91.2 cm³/mol. The van der Waals surface area contributed by atoms with E-state index in [0.29, 0.717) is 6.04 Å². The fourth-order valence-corrected chi connectivity index (χ4v) is 3.84. The Morgan fingerprint density at radius 2 is 2.14 bits per heavy atom. The van der Waals surface area contributed by atoms with Gasteiger partial charge in [0.05, 0.1) is 5.39 Å². The third-order valence-electron chi connectivity index (χ3n) is 4.33. The molecule has 21 heavy (non-hydrogen) atoms. The molecule has 0 aliphatic heterocycles. The summed E-state index contributed by atoms with van der Waals surface area (Å²) in [4.78, 5) is 10.3. The van der Waals surface area contributed by atoms with E-state index in [1.54, 1.807) is 11.3 Å². The van der Waals surface area contributed by atoms with Crippen LogP contribution < -0.4 is 10.6 Å². The lowest BCUT2D eigenvalue weighted by Gasteiger charge is -2.21. The molecule has 5 heteroatoms. The quantitative estimate of drug-likeness (QED) is 0.824. The van der Waals surface area contributed by atoms with Crippen molar-refractivity contribution in [1.29, 1.82) is 0 Å². The van der Waals surface area contributed by atoms with Gasteiger partial charge in [-0.05, 0) is 43.6 Å². The highest BCUT2D eigenvalue weighted by molar-refractivity contribution is 7.16. The summed E-state index contributed by atoms with van der Waals surface area (Å²) >= 11 is 1.68. The molecule has 0 spiro atoms. The lowest BCUT2D eigenvalue weighted by atomic mass is 10.00. The Morgan fingerprint density at radius 3 is 2.90 bits per heavy atom. The highest BCUT2D eigenvalue weighted by atomic mass is 32.1. The highest BCUT2D eigenvalue weighted by Crippen LogP contribution is 2.32. The Hall–Kier alpha value is -1.36. The van der Waals surface area contributed by atoms with E-state index in [-0.39, 0.29) is 0 Å². The zero-order valence-electron chi connectivity index (χ0n) is 12.9. The van der Waals surface area contributed by atoms with Crippen LogP contribution >= 0.6 is 11.3 Å². The zero-order chi connectivity index (χ0) is 14.7. The van der Waals surface area contributed by atoms with Gasteiger partial charge in [0, 0.05) is 12.6 Å². The summed E-state index contributed by atoms with van der Waals surface area (Å²) in [6, 6.07) is 2.59. The van der Waals surface area contributed by atoms with Crippen LogP contribution in [0.25, 0.3) is 10.2 Å². The fraction of sp³-hybridized carbons (Fsp3) is 0.625. The Labute approximate surface area is 130 Å². The van der Waals surface area contributed by atoms with Gasteiger partial charge in [-0.3, -0.25) is 0 Å². The molecule has 0 saturated heterocycles. The average Bonchev–Trinajstić information content (AvgIpc) is 3.15. The second-order valence-electron chi connectivity index (χ2n) is 5.94. The molecule has 2 heterocycles. The van der Waals surface area contributed by atoms with E-state index in [2.05, 4.69) is 40.9 Å². The number of hydrogen-bond acceptors (Lipinski definition) is 5. The van der Waals surface area contributed by atoms with Crippen molar-refractivity contribution in [3.05, 3.63) is 11.4 Å². The smallest absolute Gasteiger partial charge is 0.226 e. The summed E-state index contributed by atoms with van der Waals surface area (Å²) in [5.41, 5.74) is 0. The molecule has 2 aromatic heterocycles. The molecule has 114 valence electrons. The molecule has 0 bridgehead atoms. The van der Waals surface area contributed by atoms with E-state index < -0.39 is 0 Å². The summed E-state index contributed by atoms with van der Waals surface area (Å²) in [6.45, 7) is 5.35. The van der Waals surface area contributed by atoms with Gasteiger partial charge in [-0.2, -0.15) is 4.98 Å². The molecule has 1 aliphatic rings. The molecule has 4 nitrogen and oxygen atoms in total. The minimum atomic E-state index is 0.476. The fourth-order valence-electron chi connectivity index (χ4n) is 3.07. The lowest BCUT2D eigenvalue weighted by molar-refractivity contribution is 0.481. The maximum Gasteiger partial charge on any atom is 0.226 e. The number of rotatable bonds is 6. The summed E-state index contributed by atoms with van der Waals surface area (Å²) in [7, 11) is 0. The molecule has 1 atom stereocenters. The van der Waals surface area contributed by atoms with Gasteiger partial charge in [0.15, 0.2) is 0 Å². The van der Waals surface area contributed by atoms with Crippen molar-refractivity contribution in [3.63, 3.8) is 0 Å². The van der Waals surface area contributed by atoms with Gasteiger partial charge in [-0.1, -0.05) is 19.8 Å².